The van der Waals surface area contributed by atoms with E-state index in [-0.39, 0.29) is 29.5 Å². The summed E-state index contributed by atoms with van der Waals surface area (Å²) in [5.74, 6) is 0.414. The molecule has 3 rings (SSSR count). The monoisotopic (exact) mass is 374 g/mol. The van der Waals surface area contributed by atoms with Crippen LogP contribution in [0.1, 0.15) is 39.0 Å². The molecule has 0 bridgehead atoms. The summed E-state index contributed by atoms with van der Waals surface area (Å²) in [6.07, 6.45) is 6.83. The molecule has 3 fully saturated rings. The van der Waals surface area contributed by atoms with E-state index >= 15 is 0 Å². The van der Waals surface area contributed by atoms with Crippen molar-refractivity contribution in [3.8, 4) is 0 Å². The Morgan fingerprint density at radius 1 is 1.35 bits per heavy atom. The van der Waals surface area contributed by atoms with Gasteiger partial charge in [0.25, 0.3) is 5.91 Å². The number of sulfone groups is 1. The molecule has 0 unspecified atom stereocenters. The Kier molecular flexibility index (Phi) is 5.04. The molecule has 0 N–H and O–H groups in total. The van der Waals surface area contributed by atoms with Gasteiger partial charge in [-0.15, -0.1) is 0 Å². The van der Waals surface area contributed by atoms with Crippen molar-refractivity contribution >= 4 is 44.0 Å². The Morgan fingerprint density at radius 3 is 2.61 bits per heavy atom. The maximum Gasteiger partial charge on any atom is 0.267 e. The SMILES string of the molecule is CCN(/C=C1/SC(=S)N(C2CCCC2)C1=O)[C@H]1CCS(=O)(=O)C1. The van der Waals surface area contributed by atoms with Crippen molar-refractivity contribution in [1.82, 2.24) is 9.80 Å². The van der Waals surface area contributed by atoms with E-state index in [9.17, 15) is 13.2 Å². The zero-order valence-electron chi connectivity index (χ0n) is 13.2. The van der Waals surface area contributed by atoms with E-state index in [1.165, 1.54) is 11.8 Å². The van der Waals surface area contributed by atoms with Gasteiger partial charge in [0.1, 0.15) is 4.32 Å². The Bertz CT molecular complexity index is 638. The molecule has 0 radical (unpaired) electrons. The molecule has 0 aromatic rings. The highest BCUT2D eigenvalue weighted by Crippen LogP contribution is 2.37. The summed E-state index contributed by atoms with van der Waals surface area (Å²) in [4.78, 5) is 17.1. The fourth-order valence-electron chi connectivity index (χ4n) is 3.59. The van der Waals surface area contributed by atoms with Gasteiger partial charge in [0.15, 0.2) is 9.84 Å². The lowest BCUT2D eigenvalue weighted by atomic mass is 10.2. The van der Waals surface area contributed by atoms with Crippen LogP contribution in [0.4, 0.5) is 0 Å². The fourth-order valence-corrected chi connectivity index (χ4v) is 6.73. The first-order chi connectivity index (χ1) is 10.9. The molecule has 1 atom stereocenters. The van der Waals surface area contributed by atoms with Crippen LogP contribution in [0.15, 0.2) is 11.1 Å². The zero-order chi connectivity index (χ0) is 16.6. The second kappa shape index (κ2) is 6.72. The molecule has 0 aromatic heterocycles. The molecule has 1 aliphatic carbocycles. The maximum atomic E-state index is 12.7. The smallest absolute Gasteiger partial charge is 0.267 e. The van der Waals surface area contributed by atoms with E-state index in [0.717, 1.165) is 25.7 Å². The number of carbonyl (C=O) groups excluding carboxylic acids is 1. The molecule has 23 heavy (non-hydrogen) atoms. The second-order valence-electron chi connectivity index (χ2n) is 6.36. The molecule has 2 saturated heterocycles. The molecular weight excluding hydrogens is 352 g/mol. The molecule has 2 heterocycles. The van der Waals surface area contributed by atoms with Crippen LogP contribution < -0.4 is 0 Å². The van der Waals surface area contributed by atoms with Crippen molar-refractivity contribution in [3.05, 3.63) is 11.1 Å². The Labute approximate surface area is 147 Å². The Hall–Kier alpha value is -0.600. The van der Waals surface area contributed by atoms with Gasteiger partial charge in [0.2, 0.25) is 0 Å². The van der Waals surface area contributed by atoms with Crippen LogP contribution in [-0.4, -0.2) is 58.6 Å². The van der Waals surface area contributed by atoms with Gasteiger partial charge >= 0.3 is 0 Å². The van der Waals surface area contributed by atoms with Crippen molar-refractivity contribution in [2.24, 2.45) is 0 Å². The molecule has 3 aliphatic rings. The van der Waals surface area contributed by atoms with Crippen molar-refractivity contribution in [3.63, 3.8) is 0 Å². The van der Waals surface area contributed by atoms with Crippen LogP contribution >= 0.6 is 24.0 Å². The number of amides is 1. The van der Waals surface area contributed by atoms with Crippen LogP contribution in [0, 0.1) is 0 Å². The van der Waals surface area contributed by atoms with E-state index < -0.39 is 9.84 Å². The highest BCUT2D eigenvalue weighted by atomic mass is 32.2. The number of rotatable bonds is 4. The average Bonchev–Trinajstić information content (AvgIpc) is 3.18. The van der Waals surface area contributed by atoms with Gasteiger partial charge in [-0.05, 0) is 26.2 Å². The van der Waals surface area contributed by atoms with E-state index in [0.29, 0.717) is 22.2 Å². The van der Waals surface area contributed by atoms with Gasteiger partial charge in [-0.1, -0.05) is 36.8 Å². The van der Waals surface area contributed by atoms with E-state index in [4.69, 9.17) is 12.2 Å². The molecule has 128 valence electrons. The average molecular weight is 375 g/mol. The topological polar surface area (TPSA) is 57.7 Å². The molecule has 1 amide bonds. The number of thioether (sulfide) groups is 1. The van der Waals surface area contributed by atoms with Crippen LogP contribution in [0.2, 0.25) is 0 Å². The second-order valence-corrected chi connectivity index (χ2v) is 10.3. The minimum absolute atomic E-state index is 0.00814. The summed E-state index contributed by atoms with van der Waals surface area (Å²) in [6, 6.07) is 0.218. The number of nitrogens with zero attached hydrogens (tertiary/aromatic N) is 2. The number of carbonyl (C=O) groups is 1. The first-order valence-electron chi connectivity index (χ1n) is 8.14. The summed E-state index contributed by atoms with van der Waals surface area (Å²) in [6.45, 7) is 2.67. The molecule has 8 heteroatoms. The molecule has 2 aliphatic heterocycles. The van der Waals surface area contributed by atoms with Gasteiger partial charge < -0.3 is 4.90 Å². The highest BCUT2D eigenvalue weighted by molar-refractivity contribution is 8.26. The molecular formula is C15H22N2O3S3. The van der Waals surface area contributed by atoms with E-state index in [1.54, 1.807) is 4.90 Å². The summed E-state index contributed by atoms with van der Waals surface area (Å²) in [7, 11) is -2.93. The summed E-state index contributed by atoms with van der Waals surface area (Å²) in [5.41, 5.74) is 0. The van der Waals surface area contributed by atoms with Crippen LogP contribution in [0.5, 0.6) is 0 Å². The van der Waals surface area contributed by atoms with Gasteiger partial charge in [0.05, 0.1) is 16.4 Å². The normalized spacial score (nSPS) is 29.9. The van der Waals surface area contributed by atoms with Gasteiger partial charge in [-0.25, -0.2) is 8.42 Å². The fraction of sp³-hybridized carbons (Fsp3) is 0.733. The first kappa shape index (κ1) is 17.2. The third-order valence-electron chi connectivity index (χ3n) is 4.84. The van der Waals surface area contributed by atoms with Crippen molar-refractivity contribution in [1.29, 1.82) is 0 Å². The predicted molar refractivity (Wildman–Crippen MR) is 96.8 cm³/mol. The molecule has 0 aromatic carbocycles. The lowest BCUT2D eigenvalue weighted by Crippen LogP contribution is -2.37. The maximum absolute atomic E-state index is 12.7. The molecule has 5 nitrogen and oxygen atoms in total. The highest BCUT2D eigenvalue weighted by Gasteiger charge is 2.39. The molecule has 0 spiro atoms. The van der Waals surface area contributed by atoms with Gasteiger partial charge in [0, 0.05) is 24.8 Å². The number of hydrogen-bond donors (Lipinski definition) is 0. The quantitative estimate of drug-likeness (QED) is 0.555. The van der Waals surface area contributed by atoms with E-state index in [1.807, 2.05) is 18.0 Å². The van der Waals surface area contributed by atoms with E-state index in [2.05, 4.69) is 0 Å². The lowest BCUT2D eigenvalue weighted by Gasteiger charge is -2.25. The minimum atomic E-state index is -2.93. The van der Waals surface area contributed by atoms with Crippen LogP contribution in [0.25, 0.3) is 0 Å². The van der Waals surface area contributed by atoms with Gasteiger partial charge in [-0.2, -0.15) is 0 Å². The third-order valence-corrected chi connectivity index (χ3v) is 7.91. The Morgan fingerprint density at radius 2 is 2.04 bits per heavy atom. The number of thiocarbonyl (C=S) groups is 1. The van der Waals surface area contributed by atoms with Gasteiger partial charge in [-0.3, -0.25) is 9.69 Å². The zero-order valence-corrected chi connectivity index (χ0v) is 15.7. The van der Waals surface area contributed by atoms with Crippen LogP contribution in [0.3, 0.4) is 0 Å². The standard InChI is InChI=1S/C15H22N2O3S3/c1-2-16(12-7-8-23(19,20)10-12)9-13-14(18)17(15(21)22-13)11-5-3-4-6-11/h9,11-12H,2-8,10H2,1H3/b13-9+/t12-/m0/s1. The lowest BCUT2D eigenvalue weighted by molar-refractivity contribution is -0.123. The minimum Gasteiger partial charge on any atom is -0.373 e. The summed E-state index contributed by atoms with van der Waals surface area (Å²) < 4.78 is 24.0. The number of hydrogen-bond acceptors (Lipinski definition) is 6. The third kappa shape index (κ3) is 3.58. The predicted octanol–water partition coefficient (Wildman–Crippen LogP) is 2.14. The van der Waals surface area contributed by atoms with Crippen molar-refractivity contribution < 1.29 is 13.2 Å². The van der Waals surface area contributed by atoms with Crippen molar-refractivity contribution in [2.75, 3.05) is 18.1 Å². The largest absolute Gasteiger partial charge is 0.373 e. The molecule has 1 saturated carbocycles. The summed E-state index contributed by atoms with van der Waals surface area (Å²) in [5, 5.41) is 0. The van der Waals surface area contributed by atoms with Crippen LogP contribution in [-0.2, 0) is 14.6 Å². The van der Waals surface area contributed by atoms with Crippen molar-refractivity contribution in [2.45, 2.75) is 51.1 Å². The first-order valence-corrected chi connectivity index (χ1v) is 11.2. The Balaban J connectivity index is 1.76. The summed E-state index contributed by atoms with van der Waals surface area (Å²) >= 11 is 6.75.